The molecule has 0 saturated carbocycles. The predicted octanol–water partition coefficient (Wildman–Crippen LogP) is 3.58. The number of hydrogen-bond donors (Lipinski definition) is 1. The first-order valence-corrected chi connectivity index (χ1v) is 7.50. The minimum Gasteiger partial charge on any atom is -0.372 e. The van der Waals surface area contributed by atoms with Crippen molar-refractivity contribution in [3.8, 4) is 0 Å². The van der Waals surface area contributed by atoms with E-state index in [9.17, 15) is 0 Å². The number of aromatic nitrogens is 2. The van der Waals surface area contributed by atoms with Crippen LogP contribution in [0.25, 0.3) is 0 Å². The largest absolute Gasteiger partial charge is 0.372 e. The van der Waals surface area contributed by atoms with Gasteiger partial charge in [0.25, 0.3) is 0 Å². The van der Waals surface area contributed by atoms with Gasteiger partial charge in [-0.2, -0.15) is 0 Å². The van der Waals surface area contributed by atoms with Crippen LogP contribution in [0.3, 0.4) is 0 Å². The van der Waals surface area contributed by atoms with Gasteiger partial charge in [-0.15, -0.1) is 0 Å². The molecule has 2 aromatic rings. The zero-order chi connectivity index (χ0) is 13.8. The quantitative estimate of drug-likeness (QED) is 0.840. The molecule has 0 spiro atoms. The first-order chi connectivity index (χ1) is 9.13. The van der Waals surface area contributed by atoms with Gasteiger partial charge >= 0.3 is 0 Å². The lowest BCUT2D eigenvalue weighted by molar-refractivity contribution is 0.897. The summed E-state index contributed by atoms with van der Waals surface area (Å²) >= 11 is 2.31. The molecule has 0 amide bonds. The van der Waals surface area contributed by atoms with Gasteiger partial charge in [0.15, 0.2) is 0 Å². The monoisotopic (exact) mass is 367 g/mol. The maximum atomic E-state index is 4.67. The van der Waals surface area contributed by atoms with E-state index < -0.39 is 0 Å². The van der Waals surface area contributed by atoms with E-state index in [-0.39, 0.29) is 0 Å². The SMILES string of the molecule is CCc1nc(Cc2cccc(C)c2)nc(NC)c1I. The molecular weight excluding hydrogens is 349 g/mol. The van der Waals surface area contributed by atoms with Gasteiger partial charge in [-0.05, 0) is 41.5 Å². The molecule has 0 aliphatic rings. The van der Waals surface area contributed by atoms with Crippen molar-refractivity contribution in [2.75, 3.05) is 12.4 Å². The highest BCUT2D eigenvalue weighted by molar-refractivity contribution is 14.1. The molecule has 0 unspecified atom stereocenters. The molecule has 0 aliphatic heterocycles. The minimum atomic E-state index is 0.778. The summed E-state index contributed by atoms with van der Waals surface area (Å²) in [6, 6.07) is 8.50. The molecule has 0 radical (unpaired) electrons. The average molecular weight is 367 g/mol. The fourth-order valence-corrected chi connectivity index (χ4v) is 2.92. The van der Waals surface area contributed by atoms with Crippen molar-refractivity contribution < 1.29 is 0 Å². The van der Waals surface area contributed by atoms with E-state index >= 15 is 0 Å². The average Bonchev–Trinajstić information content (AvgIpc) is 2.40. The maximum absolute atomic E-state index is 4.67. The second-order valence-corrected chi connectivity index (χ2v) is 5.60. The summed E-state index contributed by atoms with van der Waals surface area (Å²) in [4.78, 5) is 9.26. The molecule has 1 heterocycles. The molecular formula is C15H18IN3. The van der Waals surface area contributed by atoms with Crippen molar-refractivity contribution in [3.63, 3.8) is 0 Å². The van der Waals surface area contributed by atoms with Crippen molar-refractivity contribution in [2.45, 2.75) is 26.7 Å². The number of benzene rings is 1. The maximum Gasteiger partial charge on any atom is 0.143 e. The van der Waals surface area contributed by atoms with Crippen LogP contribution in [0, 0.1) is 10.5 Å². The number of halogens is 1. The predicted molar refractivity (Wildman–Crippen MR) is 87.7 cm³/mol. The highest BCUT2D eigenvalue weighted by atomic mass is 127. The topological polar surface area (TPSA) is 37.8 Å². The van der Waals surface area contributed by atoms with Crippen LogP contribution in [0.4, 0.5) is 5.82 Å². The lowest BCUT2D eigenvalue weighted by Crippen LogP contribution is -2.07. The number of rotatable bonds is 4. The first-order valence-electron chi connectivity index (χ1n) is 6.42. The van der Waals surface area contributed by atoms with Gasteiger partial charge in [0.2, 0.25) is 0 Å². The van der Waals surface area contributed by atoms with Gasteiger partial charge < -0.3 is 5.32 Å². The molecule has 0 fully saturated rings. The highest BCUT2D eigenvalue weighted by Gasteiger charge is 2.10. The number of nitrogens with zero attached hydrogens (tertiary/aromatic N) is 2. The van der Waals surface area contributed by atoms with Crippen LogP contribution in [-0.4, -0.2) is 17.0 Å². The third-order valence-corrected chi connectivity index (χ3v) is 4.12. The lowest BCUT2D eigenvalue weighted by atomic mass is 10.1. The highest BCUT2D eigenvalue weighted by Crippen LogP contribution is 2.20. The zero-order valence-electron chi connectivity index (χ0n) is 11.5. The Hall–Kier alpha value is -1.17. The second-order valence-electron chi connectivity index (χ2n) is 4.52. The molecule has 4 heteroatoms. The van der Waals surface area contributed by atoms with E-state index in [2.05, 4.69) is 76.0 Å². The summed E-state index contributed by atoms with van der Waals surface area (Å²) in [6.45, 7) is 4.23. The summed E-state index contributed by atoms with van der Waals surface area (Å²) in [5, 5.41) is 3.15. The van der Waals surface area contributed by atoms with E-state index in [4.69, 9.17) is 0 Å². The van der Waals surface area contributed by atoms with E-state index in [1.807, 2.05) is 7.05 Å². The minimum absolute atomic E-state index is 0.778. The van der Waals surface area contributed by atoms with Gasteiger partial charge in [-0.3, -0.25) is 0 Å². The van der Waals surface area contributed by atoms with Crippen molar-refractivity contribution in [2.24, 2.45) is 0 Å². The molecule has 1 aromatic heterocycles. The molecule has 0 saturated heterocycles. The number of nitrogens with one attached hydrogen (secondary N) is 1. The van der Waals surface area contributed by atoms with Gasteiger partial charge in [-0.25, -0.2) is 9.97 Å². The van der Waals surface area contributed by atoms with Gasteiger partial charge in [0.1, 0.15) is 11.6 Å². The van der Waals surface area contributed by atoms with Crippen molar-refractivity contribution >= 4 is 28.4 Å². The molecule has 100 valence electrons. The van der Waals surface area contributed by atoms with E-state index in [1.54, 1.807) is 0 Å². The van der Waals surface area contributed by atoms with E-state index in [0.717, 1.165) is 33.7 Å². The third kappa shape index (κ3) is 3.43. The lowest BCUT2D eigenvalue weighted by Gasteiger charge is -2.10. The number of anilines is 1. The van der Waals surface area contributed by atoms with Crippen LogP contribution >= 0.6 is 22.6 Å². The second kappa shape index (κ2) is 6.32. The molecule has 2 rings (SSSR count). The summed E-state index contributed by atoms with van der Waals surface area (Å²) in [5.74, 6) is 1.81. The number of aryl methyl sites for hydroxylation is 2. The zero-order valence-corrected chi connectivity index (χ0v) is 13.7. The van der Waals surface area contributed by atoms with E-state index in [0.29, 0.717) is 0 Å². The Labute approximate surface area is 128 Å². The summed E-state index contributed by atoms with van der Waals surface area (Å²) in [7, 11) is 1.90. The standard InChI is InChI=1S/C15H18IN3/c1-4-12-14(16)15(17-3)19-13(18-12)9-11-7-5-6-10(2)8-11/h5-8H,4,9H2,1-3H3,(H,17,18,19). The molecule has 0 aliphatic carbocycles. The Balaban J connectivity index is 2.35. The van der Waals surface area contributed by atoms with Gasteiger partial charge in [0.05, 0.1) is 9.26 Å². The molecule has 1 aromatic carbocycles. The van der Waals surface area contributed by atoms with Crippen LogP contribution in [0.1, 0.15) is 29.6 Å². The van der Waals surface area contributed by atoms with Crippen LogP contribution in [0.15, 0.2) is 24.3 Å². The fraction of sp³-hybridized carbons (Fsp3) is 0.333. The third-order valence-electron chi connectivity index (χ3n) is 2.98. The number of hydrogen-bond acceptors (Lipinski definition) is 3. The van der Waals surface area contributed by atoms with Crippen LogP contribution in [0.5, 0.6) is 0 Å². The van der Waals surface area contributed by atoms with E-state index in [1.165, 1.54) is 11.1 Å². The molecule has 0 bridgehead atoms. The van der Waals surface area contributed by atoms with Crippen LogP contribution in [-0.2, 0) is 12.8 Å². The fourth-order valence-electron chi connectivity index (χ4n) is 2.03. The summed E-state index contributed by atoms with van der Waals surface area (Å²) < 4.78 is 1.12. The molecule has 0 atom stereocenters. The van der Waals surface area contributed by atoms with Crippen molar-refractivity contribution in [1.82, 2.24) is 9.97 Å². The molecule has 3 nitrogen and oxygen atoms in total. The Morgan fingerprint density at radius 1 is 1.26 bits per heavy atom. The van der Waals surface area contributed by atoms with Crippen LogP contribution in [0.2, 0.25) is 0 Å². The van der Waals surface area contributed by atoms with Crippen molar-refractivity contribution in [3.05, 3.63) is 50.5 Å². The molecule has 1 N–H and O–H groups in total. The van der Waals surface area contributed by atoms with Gasteiger partial charge in [0, 0.05) is 13.5 Å². The Morgan fingerprint density at radius 3 is 2.68 bits per heavy atom. The Kier molecular flexibility index (Phi) is 4.74. The van der Waals surface area contributed by atoms with Crippen LogP contribution < -0.4 is 5.32 Å². The van der Waals surface area contributed by atoms with Crippen molar-refractivity contribution in [1.29, 1.82) is 0 Å². The Morgan fingerprint density at radius 2 is 2.05 bits per heavy atom. The van der Waals surface area contributed by atoms with Gasteiger partial charge in [-0.1, -0.05) is 36.8 Å². The summed E-state index contributed by atoms with van der Waals surface area (Å²) in [5.41, 5.74) is 3.64. The molecule has 19 heavy (non-hydrogen) atoms. The Bertz CT molecular complexity index is 556. The normalized spacial score (nSPS) is 10.5. The first kappa shape index (κ1) is 14.2. The summed E-state index contributed by atoms with van der Waals surface area (Å²) in [6.07, 6.45) is 1.70. The smallest absolute Gasteiger partial charge is 0.143 e.